The van der Waals surface area contributed by atoms with Gasteiger partial charge in [0.05, 0.1) is 11.7 Å². The lowest BCUT2D eigenvalue weighted by Gasteiger charge is -2.12. The zero-order chi connectivity index (χ0) is 14.3. The summed E-state index contributed by atoms with van der Waals surface area (Å²) >= 11 is 1.40. The minimum absolute atomic E-state index is 0.198. The Balaban J connectivity index is 2.07. The standard InChI is InChI=1S/C15H11F3OS/c16-15(17,18)10-5-6-13-9(7-10)8-12(19)11-3-1-2-4-14(11)20-13/h1-7,12,19H,8H2. The molecule has 1 unspecified atom stereocenters. The molecule has 0 amide bonds. The second-order valence-electron chi connectivity index (χ2n) is 4.68. The van der Waals surface area contributed by atoms with Gasteiger partial charge in [0.1, 0.15) is 0 Å². The molecular formula is C15H11F3OS. The lowest BCUT2D eigenvalue weighted by atomic mass is 10.00. The van der Waals surface area contributed by atoms with Crippen LogP contribution in [-0.2, 0) is 12.6 Å². The molecule has 0 saturated heterocycles. The second kappa shape index (κ2) is 4.82. The van der Waals surface area contributed by atoms with E-state index < -0.39 is 17.8 Å². The molecule has 0 aromatic heterocycles. The smallest absolute Gasteiger partial charge is 0.388 e. The van der Waals surface area contributed by atoms with Crippen molar-refractivity contribution in [2.24, 2.45) is 0 Å². The minimum atomic E-state index is -4.36. The first-order valence-electron chi connectivity index (χ1n) is 6.10. The molecule has 0 fully saturated rings. The molecule has 1 heterocycles. The molecule has 1 aliphatic heterocycles. The highest BCUT2D eigenvalue weighted by molar-refractivity contribution is 7.99. The lowest BCUT2D eigenvalue weighted by Crippen LogP contribution is -2.07. The molecule has 0 bridgehead atoms. The summed E-state index contributed by atoms with van der Waals surface area (Å²) in [6.45, 7) is 0. The topological polar surface area (TPSA) is 20.2 Å². The third-order valence-corrected chi connectivity index (χ3v) is 4.51. The van der Waals surface area contributed by atoms with Crippen molar-refractivity contribution in [3.8, 4) is 0 Å². The van der Waals surface area contributed by atoms with E-state index in [2.05, 4.69) is 0 Å². The number of alkyl halides is 3. The van der Waals surface area contributed by atoms with E-state index in [9.17, 15) is 18.3 Å². The number of hydrogen-bond donors (Lipinski definition) is 1. The van der Waals surface area contributed by atoms with Crippen LogP contribution in [0.3, 0.4) is 0 Å². The first-order chi connectivity index (χ1) is 9.45. The van der Waals surface area contributed by atoms with E-state index in [-0.39, 0.29) is 6.42 Å². The molecule has 0 radical (unpaired) electrons. The number of halogens is 3. The van der Waals surface area contributed by atoms with Crippen molar-refractivity contribution in [1.29, 1.82) is 0 Å². The second-order valence-corrected chi connectivity index (χ2v) is 5.76. The molecule has 104 valence electrons. The Morgan fingerprint density at radius 1 is 1.05 bits per heavy atom. The van der Waals surface area contributed by atoms with Gasteiger partial charge in [-0.15, -0.1) is 0 Å². The molecule has 0 spiro atoms. The van der Waals surface area contributed by atoms with E-state index in [1.54, 1.807) is 0 Å². The van der Waals surface area contributed by atoms with Gasteiger partial charge in [0.15, 0.2) is 0 Å². The molecule has 5 heteroatoms. The van der Waals surface area contributed by atoms with Crippen LogP contribution in [0.15, 0.2) is 52.3 Å². The molecule has 1 aliphatic rings. The lowest BCUT2D eigenvalue weighted by molar-refractivity contribution is -0.137. The minimum Gasteiger partial charge on any atom is -0.388 e. The van der Waals surface area contributed by atoms with Crippen LogP contribution < -0.4 is 0 Å². The summed E-state index contributed by atoms with van der Waals surface area (Å²) in [4.78, 5) is 1.65. The Labute approximate surface area is 118 Å². The van der Waals surface area contributed by atoms with Gasteiger partial charge in [-0.2, -0.15) is 13.2 Å². The third-order valence-electron chi connectivity index (χ3n) is 3.30. The van der Waals surface area contributed by atoms with E-state index in [0.29, 0.717) is 5.56 Å². The number of benzene rings is 2. The summed E-state index contributed by atoms with van der Waals surface area (Å²) in [5.41, 5.74) is 0.630. The largest absolute Gasteiger partial charge is 0.416 e. The number of rotatable bonds is 0. The first kappa shape index (κ1) is 13.5. The fourth-order valence-electron chi connectivity index (χ4n) is 2.30. The fourth-order valence-corrected chi connectivity index (χ4v) is 3.42. The third kappa shape index (κ3) is 2.43. The van der Waals surface area contributed by atoms with Gasteiger partial charge in [0.2, 0.25) is 0 Å². The summed E-state index contributed by atoms with van der Waals surface area (Å²) in [7, 11) is 0. The Morgan fingerprint density at radius 2 is 1.80 bits per heavy atom. The van der Waals surface area contributed by atoms with E-state index in [0.717, 1.165) is 27.5 Å². The predicted molar refractivity (Wildman–Crippen MR) is 70.7 cm³/mol. The van der Waals surface area contributed by atoms with Crippen molar-refractivity contribution < 1.29 is 18.3 Å². The van der Waals surface area contributed by atoms with Crippen molar-refractivity contribution in [3.63, 3.8) is 0 Å². The average Bonchev–Trinajstić information content (AvgIpc) is 2.53. The summed E-state index contributed by atoms with van der Waals surface area (Å²) in [5.74, 6) is 0. The Kier molecular flexibility index (Phi) is 3.26. The van der Waals surface area contributed by atoms with Crippen LogP contribution in [-0.4, -0.2) is 5.11 Å². The average molecular weight is 296 g/mol. The maximum Gasteiger partial charge on any atom is 0.416 e. The highest BCUT2D eigenvalue weighted by atomic mass is 32.2. The van der Waals surface area contributed by atoms with Crippen molar-refractivity contribution in [2.45, 2.75) is 28.5 Å². The maximum atomic E-state index is 12.8. The number of hydrogen-bond acceptors (Lipinski definition) is 2. The van der Waals surface area contributed by atoms with Gasteiger partial charge in [-0.3, -0.25) is 0 Å². The SMILES string of the molecule is OC1Cc2cc(C(F)(F)F)ccc2Sc2ccccc21. The van der Waals surface area contributed by atoms with Gasteiger partial charge in [-0.05, 0) is 35.4 Å². The molecule has 1 atom stereocenters. The number of aliphatic hydroxyl groups is 1. The van der Waals surface area contributed by atoms with Gasteiger partial charge < -0.3 is 5.11 Å². The van der Waals surface area contributed by atoms with E-state index in [1.807, 2.05) is 24.3 Å². The van der Waals surface area contributed by atoms with Crippen LogP contribution in [0.2, 0.25) is 0 Å². The normalized spacial score (nSPS) is 18.1. The molecule has 1 N–H and O–H groups in total. The van der Waals surface area contributed by atoms with Crippen LogP contribution >= 0.6 is 11.8 Å². The zero-order valence-electron chi connectivity index (χ0n) is 10.3. The molecule has 0 aliphatic carbocycles. The van der Waals surface area contributed by atoms with Crippen LogP contribution in [0.5, 0.6) is 0 Å². The van der Waals surface area contributed by atoms with E-state index >= 15 is 0 Å². The molecule has 1 nitrogen and oxygen atoms in total. The Morgan fingerprint density at radius 3 is 2.55 bits per heavy atom. The van der Waals surface area contributed by atoms with Crippen LogP contribution in [0, 0.1) is 0 Å². The maximum absolute atomic E-state index is 12.8. The van der Waals surface area contributed by atoms with Gasteiger partial charge in [-0.1, -0.05) is 30.0 Å². The summed E-state index contributed by atoms with van der Waals surface area (Å²) in [6.07, 6.45) is -4.93. The van der Waals surface area contributed by atoms with Crippen molar-refractivity contribution in [2.75, 3.05) is 0 Å². The van der Waals surface area contributed by atoms with Gasteiger partial charge in [0.25, 0.3) is 0 Å². The van der Waals surface area contributed by atoms with Crippen LogP contribution in [0.25, 0.3) is 0 Å². The Hall–Kier alpha value is -1.46. The van der Waals surface area contributed by atoms with Gasteiger partial charge in [0, 0.05) is 16.2 Å². The van der Waals surface area contributed by atoms with E-state index in [4.69, 9.17) is 0 Å². The van der Waals surface area contributed by atoms with Crippen molar-refractivity contribution >= 4 is 11.8 Å². The quantitative estimate of drug-likeness (QED) is 0.775. The molecule has 20 heavy (non-hydrogen) atoms. The summed E-state index contributed by atoms with van der Waals surface area (Å²) in [5, 5.41) is 10.2. The molecule has 2 aromatic carbocycles. The first-order valence-corrected chi connectivity index (χ1v) is 6.92. The van der Waals surface area contributed by atoms with E-state index in [1.165, 1.54) is 17.8 Å². The zero-order valence-corrected chi connectivity index (χ0v) is 11.1. The highest BCUT2D eigenvalue weighted by Crippen LogP contribution is 2.42. The Bertz CT molecular complexity index is 652. The highest BCUT2D eigenvalue weighted by Gasteiger charge is 2.32. The molecule has 0 saturated carbocycles. The predicted octanol–water partition coefficient (Wildman–Crippen LogP) is 4.45. The van der Waals surface area contributed by atoms with Gasteiger partial charge in [-0.25, -0.2) is 0 Å². The number of aliphatic hydroxyl groups excluding tert-OH is 1. The molecule has 2 aromatic rings. The van der Waals surface area contributed by atoms with Crippen molar-refractivity contribution in [1.82, 2.24) is 0 Å². The van der Waals surface area contributed by atoms with Gasteiger partial charge >= 0.3 is 6.18 Å². The monoisotopic (exact) mass is 296 g/mol. The van der Waals surface area contributed by atoms with Crippen molar-refractivity contribution in [3.05, 3.63) is 59.2 Å². The fraction of sp³-hybridized carbons (Fsp3) is 0.200. The van der Waals surface area contributed by atoms with Crippen LogP contribution in [0.1, 0.15) is 22.8 Å². The number of fused-ring (bicyclic) bond motifs is 2. The van der Waals surface area contributed by atoms with Crippen LogP contribution in [0.4, 0.5) is 13.2 Å². The summed E-state index contributed by atoms with van der Waals surface area (Å²) in [6, 6.07) is 11.1. The molecular weight excluding hydrogens is 285 g/mol. The molecule has 3 rings (SSSR count). The summed E-state index contributed by atoms with van der Waals surface area (Å²) < 4.78 is 38.3.